The van der Waals surface area contributed by atoms with Gasteiger partial charge in [0.05, 0.1) is 11.2 Å². The van der Waals surface area contributed by atoms with E-state index < -0.39 is 17.9 Å². The van der Waals surface area contributed by atoms with E-state index in [1.165, 1.54) is 12.3 Å². The van der Waals surface area contributed by atoms with Gasteiger partial charge in [-0.15, -0.1) is 10.2 Å². The van der Waals surface area contributed by atoms with Crippen LogP contribution in [0, 0.1) is 0 Å². The van der Waals surface area contributed by atoms with Gasteiger partial charge in [-0.1, -0.05) is 0 Å². The monoisotopic (exact) mass is 367 g/mol. The Kier molecular flexibility index (Phi) is 4.94. The molecule has 7 nitrogen and oxygen atoms in total. The summed E-state index contributed by atoms with van der Waals surface area (Å²) in [4.78, 5) is 16.6. The molecule has 1 aliphatic rings. The predicted molar refractivity (Wildman–Crippen MR) is 91.2 cm³/mol. The average molecular weight is 367 g/mol. The van der Waals surface area contributed by atoms with Crippen LogP contribution in [0.4, 0.5) is 8.78 Å². The molecular weight excluding hydrogens is 344 g/mol. The van der Waals surface area contributed by atoms with Gasteiger partial charge in [0, 0.05) is 38.4 Å². The maximum atomic E-state index is 13.0. The third-order valence-corrected chi connectivity index (χ3v) is 4.51. The highest BCUT2D eigenvalue weighted by Crippen LogP contribution is 2.20. The second-order valence-corrected chi connectivity index (χ2v) is 7.39. The number of alkyl halides is 2. The Hall–Kier alpha value is -2.13. The van der Waals surface area contributed by atoms with E-state index in [9.17, 15) is 18.7 Å². The van der Waals surface area contributed by atoms with Gasteiger partial charge in [-0.2, -0.15) is 0 Å². The molecule has 3 heterocycles. The molecule has 2 aromatic heterocycles. The summed E-state index contributed by atoms with van der Waals surface area (Å²) in [5.41, 5.74) is -0.200. The van der Waals surface area contributed by atoms with Crippen molar-refractivity contribution >= 4 is 11.6 Å². The molecule has 1 N–H and O–H groups in total. The minimum Gasteiger partial charge on any atom is -0.389 e. The molecule has 1 aliphatic heterocycles. The molecule has 1 saturated heterocycles. The van der Waals surface area contributed by atoms with Crippen LogP contribution >= 0.6 is 0 Å². The minimum atomic E-state index is -2.76. The number of pyridine rings is 1. The Morgan fingerprint density at radius 2 is 2.08 bits per heavy atom. The first kappa shape index (κ1) is 18.7. The Morgan fingerprint density at radius 1 is 1.35 bits per heavy atom. The van der Waals surface area contributed by atoms with Crippen LogP contribution in [-0.4, -0.2) is 73.2 Å². The van der Waals surface area contributed by atoms with Gasteiger partial charge in [0.2, 0.25) is 5.82 Å². The SMILES string of the molecule is C[C@@H]1CN(C(=O)c2ccc3nnc(C(F)F)n3c2)CCN1CC(C)(C)O. The number of carbonyl (C=O) groups excluding carboxylic acids is 1. The molecule has 0 radical (unpaired) electrons. The van der Waals surface area contributed by atoms with E-state index in [0.29, 0.717) is 31.7 Å². The van der Waals surface area contributed by atoms with Gasteiger partial charge in [0.15, 0.2) is 5.65 Å². The summed E-state index contributed by atoms with van der Waals surface area (Å²) in [6.07, 6.45) is -1.40. The van der Waals surface area contributed by atoms with Crippen LogP contribution in [0.1, 0.15) is 43.4 Å². The van der Waals surface area contributed by atoms with Gasteiger partial charge in [0.25, 0.3) is 12.3 Å². The van der Waals surface area contributed by atoms with Crippen LogP contribution in [0.5, 0.6) is 0 Å². The number of aromatic nitrogens is 3. The molecule has 26 heavy (non-hydrogen) atoms. The van der Waals surface area contributed by atoms with Crippen LogP contribution in [-0.2, 0) is 0 Å². The molecule has 3 rings (SSSR count). The number of fused-ring (bicyclic) bond motifs is 1. The maximum absolute atomic E-state index is 13.0. The first-order valence-corrected chi connectivity index (χ1v) is 8.54. The maximum Gasteiger partial charge on any atom is 0.297 e. The Balaban J connectivity index is 1.76. The van der Waals surface area contributed by atoms with Crippen LogP contribution < -0.4 is 0 Å². The lowest BCUT2D eigenvalue weighted by Crippen LogP contribution is -2.56. The van der Waals surface area contributed by atoms with Crippen LogP contribution in [0.3, 0.4) is 0 Å². The fourth-order valence-corrected chi connectivity index (χ4v) is 3.28. The van der Waals surface area contributed by atoms with Crippen LogP contribution in [0.25, 0.3) is 5.65 Å². The predicted octanol–water partition coefficient (Wildman–Crippen LogP) is 1.58. The van der Waals surface area contributed by atoms with E-state index in [2.05, 4.69) is 15.1 Å². The number of aliphatic hydroxyl groups is 1. The minimum absolute atomic E-state index is 0.0920. The molecular formula is C17H23F2N5O2. The Labute approximate surface area is 150 Å². The summed E-state index contributed by atoms with van der Waals surface area (Å²) in [6, 6.07) is 3.18. The van der Waals surface area contributed by atoms with Crippen molar-refractivity contribution in [2.24, 2.45) is 0 Å². The van der Waals surface area contributed by atoms with Crippen LogP contribution in [0.15, 0.2) is 18.3 Å². The fourth-order valence-electron chi connectivity index (χ4n) is 3.28. The molecule has 142 valence electrons. The van der Waals surface area contributed by atoms with E-state index >= 15 is 0 Å². The number of halogens is 2. The molecule has 1 atom stereocenters. The number of carbonyl (C=O) groups is 1. The number of β-amino-alcohol motifs (C(OH)–C–C–N with tert-alkyl or cyclic N) is 1. The van der Waals surface area contributed by atoms with Crippen molar-refractivity contribution in [1.82, 2.24) is 24.4 Å². The zero-order chi connectivity index (χ0) is 19.1. The number of rotatable bonds is 4. The summed E-state index contributed by atoms with van der Waals surface area (Å²) >= 11 is 0. The van der Waals surface area contributed by atoms with E-state index in [4.69, 9.17) is 0 Å². The topological polar surface area (TPSA) is 74.0 Å². The number of amides is 1. The second kappa shape index (κ2) is 6.88. The lowest BCUT2D eigenvalue weighted by molar-refractivity contribution is -0.00145. The van der Waals surface area contributed by atoms with Gasteiger partial charge in [-0.25, -0.2) is 8.78 Å². The van der Waals surface area contributed by atoms with Crippen molar-refractivity contribution in [3.05, 3.63) is 29.7 Å². The number of piperazine rings is 1. The molecule has 2 aromatic rings. The molecule has 0 unspecified atom stereocenters. The highest BCUT2D eigenvalue weighted by atomic mass is 19.3. The van der Waals surface area contributed by atoms with Gasteiger partial charge in [0.1, 0.15) is 0 Å². The van der Waals surface area contributed by atoms with E-state index in [1.807, 2.05) is 6.92 Å². The molecule has 0 aliphatic carbocycles. The third kappa shape index (κ3) is 3.83. The van der Waals surface area contributed by atoms with Gasteiger partial charge >= 0.3 is 0 Å². The van der Waals surface area contributed by atoms with Gasteiger partial charge < -0.3 is 10.0 Å². The Morgan fingerprint density at radius 3 is 2.69 bits per heavy atom. The van der Waals surface area contributed by atoms with E-state index in [1.54, 1.807) is 24.8 Å². The third-order valence-electron chi connectivity index (χ3n) is 4.51. The number of hydrogen-bond donors (Lipinski definition) is 1. The quantitative estimate of drug-likeness (QED) is 0.888. The van der Waals surface area contributed by atoms with Gasteiger partial charge in [-0.3, -0.25) is 14.1 Å². The largest absolute Gasteiger partial charge is 0.389 e. The smallest absolute Gasteiger partial charge is 0.297 e. The molecule has 1 fully saturated rings. The summed E-state index contributed by atoms with van der Waals surface area (Å²) in [6.45, 7) is 7.72. The summed E-state index contributed by atoms with van der Waals surface area (Å²) in [7, 11) is 0. The highest BCUT2D eigenvalue weighted by Gasteiger charge is 2.30. The van der Waals surface area contributed by atoms with Crippen molar-refractivity contribution < 1.29 is 18.7 Å². The molecule has 0 saturated carbocycles. The van der Waals surface area contributed by atoms with E-state index in [0.717, 1.165) is 4.40 Å². The zero-order valence-corrected chi connectivity index (χ0v) is 15.1. The zero-order valence-electron chi connectivity index (χ0n) is 15.1. The first-order chi connectivity index (χ1) is 12.2. The van der Waals surface area contributed by atoms with E-state index in [-0.39, 0.29) is 17.6 Å². The molecule has 0 spiro atoms. The van der Waals surface area contributed by atoms with Crippen molar-refractivity contribution in [1.29, 1.82) is 0 Å². The van der Waals surface area contributed by atoms with Crippen LogP contribution in [0.2, 0.25) is 0 Å². The van der Waals surface area contributed by atoms with Crippen molar-refractivity contribution in [2.75, 3.05) is 26.2 Å². The molecule has 0 bridgehead atoms. The summed E-state index contributed by atoms with van der Waals surface area (Å²) < 4.78 is 27.2. The molecule has 0 aromatic carbocycles. The standard InChI is InChI=1S/C17H23F2N5O2/c1-11-8-22(6-7-23(11)10-17(2,3)26)16(25)12-4-5-13-20-21-15(14(18)19)24(13)9-12/h4-5,9,11,14,26H,6-8,10H2,1-3H3/t11-/m1/s1. The summed E-state index contributed by atoms with van der Waals surface area (Å²) in [5, 5.41) is 17.2. The number of hydrogen-bond acceptors (Lipinski definition) is 5. The van der Waals surface area contributed by atoms with Crippen molar-refractivity contribution in [3.63, 3.8) is 0 Å². The first-order valence-electron chi connectivity index (χ1n) is 8.54. The summed E-state index contributed by atoms with van der Waals surface area (Å²) in [5.74, 6) is -0.686. The lowest BCUT2D eigenvalue weighted by Gasteiger charge is -2.42. The lowest BCUT2D eigenvalue weighted by atomic mass is 10.1. The van der Waals surface area contributed by atoms with Crippen molar-refractivity contribution in [3.8, 4) is 0 Å². The van der Waals surface area contributed by atoms with Crippen molar-refractivity contribution in [2.45, 2.75) is 38.8 Å². The molecule has 9 heteroatoms. The Bertz CT molecular complexity index is 802. The second-order valence-electron chi connectivity index (χ2n) is 7.39. The number of nitrogens with zero attached hydrogens (tertiary/aromatic N) is 5. The molecule has 1 amide bonds. The highest BCUT2D eigenvalue weighted by molar-refractivity contribution is 5.94. The average Bonchev–Trinajstić information content (AvgIpc) is 2.98. The normalized spacial score (nSPS) is 19.5. The van der Waals surface area contributed by atoms with Gasteiger partial charge in [-0.05, 0) is 32.9 Å². The fraction of sp³-hybridized carbons (Fsp3) is 0.588.